The van der Waals surface area contributed by atoms with Crippen LogP contribution in [0.2, 0.25) is 0 Å². The molecule has 3 amide bonds. The fourth-order valence-electron chi connectivity index (χ4n) is 3.34. The highest BCUT2D eigenvalue weighted by Crippen LogP contribution is 2.25. The van der Waals surface area contributed by atoms with Crippen LogP contribution in [0.4, 0.5) is 4.79 Å². The maximum atomic E-state index is 12.8. The van der Waals surface area contributed by atoms with Crippen LogP contribution in [0.3, 0.4) is 0 Å². The third kappa shape index (κ3) is 5.57. The van der Waals surface area contributed by atoms with Gasteiger partial charge in [-0.3, -0.25) is 9.69 Å². The third-order valence-corrected chi connectivity index (χ3v) is 6.03. The first kappa shape index (κ1) is 25.0. The highest BCUT2D eigenvalue weighted by Gasteiger charge is 2.34. The van der Waals surface area contributed by atoms with Crippen molar-refractivity contribution < 1.29 is 38.2 Å². The second kappa shape index (κ2) is 10.6. The molecular weight excluding hydrogens is 583 g/mol. The zero-order valence-electron chi connectivity index (χ0n) is 18.8. The highest BCUT2D eigenvalue weighted by atomic mass is 127. The largest absolute Gasteiger partial charge is 0.488 e. The fourth-order valence-corrected chi connectivity index (χ4v) is 4.03. The average Bonchev–Trinajstić information content (AvgIpc) is 3.43. The quantitative estimate of drug-likeness (QED) is 0.171. The number of carboxylic acids is 1. The minimum absolute atomic E-state index is 0.0236. The Labute approximate surface area is 218 Å². The molecule has 4 rings (SSSR count). The number of amides is 3. The van der Waals surface area contributed by atoms with Crippen LogP contribution < -0.4 is 10.1 Å². The Bertz CT molecular complexity index is 1380. The molecule has 1 fully saturated rings. The molecule has 3 aromatic rings. The van der Waals surface area contributed by atoms with Crippen LogP contribution in [0.5, 0.6) is 5.75 Å². The van der Waals surface area contributed by atoms with Gasteiger partial charge in [0.1, 0.15) is 23.8 Å². The van der Waals surface area contributed by atoms with Gasteiger partial charge in [-0.15, -0.1) is 0 Å². The number of hydrogen-bond acceptors (Lipinski definition) is 7. The highest BCUT2D eigenvalue weighted by molar-refractivity contribution is 14.1. The predicted molar refractivity (Wildman–Crippen MR) is 134 cm³/mol. The summed E-state index contributed by atoms with van der Waals surface area (Å²) in [6, 6.07) is 14.0. The van der Waals surface area contributed by atoms with Crippen LogP contribution in [-0.4, -0.2) is 41.0 Å². The van der Waals surface area contributed by atoms with Crippen molar-refractivity contribution in [1.82, 2.24) is 10.2 Å². The van der Waals surface area contributed by atoms with Crippen molar-refractivity contribution >= 4 is 52.5 Å². The van der Waals surface area contributed by atoms with Gasteiger partial charge in [0.2, 0.25) is 5.76 Å². The van der Waals surface area contributed by atoms with Gasteiger partial charge in [0.25, 0.3) is 5.91 Å². The number of halogens is 1. The van der Waals surface area contributed by atoms with Gasteiger partial charge in [0.05, 0.1) is 22.8 Å². The number of carbonyl (C=O) groups excluding carboxylic acids is 3. The number of imide groups is 1. The van der Waals surface area contributed by atoms with Crippen molar-refractivity contribution in [3.8, 4) is 5.75 Å². The molecule has 0 spiro atoms. The number of furan rings is 1. The van der Waals surface area contributed by atoms with E-state index in [4.69, 9.17) is 14.3 Å². The Morgan fingerprint density at radius 3 is 2.53 bits per heavy atom. The molecular formula is C25H19IN2O8. The first-order chi connectivity index (χ1) is 17.2. The molecule has 36 heavy (non-hydrogen) atoms. The number of esters is 1. The van der Waals surface area contributed by atoms with Gasteiger partial charge >= 0.3 is 18.0 Å². The van der Waals surface area contributed by atoms with Crippen LogP contribution in [0.1, 0.15) is 37.8 Å². The number of carbonyl (C=O) groups is 4. The van der Waals surface area contributed by atoms with E-state index in [0.717, 1.165) is 14.0 Å². The van der Waals surface area contributed by atoms with Gasteiger partial charge in [0.15, 0.2) is 0 Å². The van der Waals surface area contributed by atoms with Crippen molar-refractivity contribution in [3.05, 3.63) is 92.1 Å². The number of nitrogens with zero attached hydrogens (tertiary/aromatic N) is 1. The zero-order chi connectivity index (χ0) is 25.8. The summed E-state index contributed by atoms with van der Waals surface area (Å²) in [6.45, 7) is 0.112. The number of carboxylic acid groups (broad SMARTS) is 1. The van der Waals surface area contributed by atoms with E-state index in [-0.39, 0.29) is 35.9 Å². The summed E-state index contributed by atoms with van der Waals surface area (Å²) in [7, 11) is 1.22. The molecule has 184 valence electrons. The monoisotopic (exact) mass is 602 g/mol. The van der Waals surface area contributed by atoms with Crippen molar-refractivity contribution in [2.24, 2.45) is 0 Å². The molecule has 11 heteroatoms. The van der Waals surface area contributed by atoms with Crippen molar-refractivity contribution in [2.75, 3.05) is 7.11 Å². The number of benzene rings is 2. The Balaban J connectivity index is 1.41. The smallest absolute Gasteiger partial charge is 0.373 e. The summed E-state index contributed by atoms with van der Waals surface area (Å²) in [6.07, 6.45) is 1.55. The zero-order valence-corrected chi connectivity index (χ0v) is 21.0. The molecule has 2 N–H and O–H groups in total. The number of urea groups is 1. The Hall–Kier alpha value is -4.13. The summed E-state index contributed by atoms with van der Waals surface area (Å²) in [5.41, 5.74) is 1.79. The lowest BCUT2D eigenvalue weighted by Crippen LogP contribution is -2.30. The van der Waals surface area contributed by atoms with Crippen molar-refractivity contribution in [2.45, 2.75) is 13.2 Å². The molecule has 1 aliphatic heterocycles. The number of methoxy groups -OCH3 is 1. The van der Waals surface area contributed by atoms with Crippen molar-refractivity contribution in [3.63, 3.8) is 0 Å². The molecule has 0 bridgehead atoms. The van der Waals surface area contributed by atoms with Crippen LogP contribution in [0, 0.1) is 3.57 Å². The molecule has 1 aliphatic rings. The molecule has 0 aliphatic carbocycles. The van der Waals surface area contributed by atoms with Crippen LogP contribution in [-0.2, 0) is 22.7 Å². The third-order valence-electron chi connectivity index (χ3n) is 5.19. The second-order valence-electron chi connectivity index (χ2n) is 7.62. The molecule has 2 heterocycles. The van der Waals surface area contributed by atoms with Crippen LogP contribution in [0.25, 0.3) is 6.08 Å². The lowest BCUT2D eigenvalue weighted by molar-refractivity contribution is -0.123. The average molecular weight is 602 g/mol. The second-order valence-corrected chi connectivity index (χ2v) is 8.78. The normalized spacial score (nSPS) is 14.2. The molecule has 2 aromatic carbocycles. The summed E-state index contributed by atoms with van der Waals surface area (Å²) in [4.78, 5) is 48.6. The Morgan fingerprint density at radius 1 is 1.11 bits per heavy atom. The van der Waals surface area contributed by atoms with E-state index in [1.807, 2.05) is 0 Å². The minimum atomic E-state index is -0.990. The predicted octanol–water partition coefficient (Wildman–Crippen LogP) is 4.04. The van der Waals surface area contributed by atoms with E-state index in [2.05, 4.69) is 32.6 Å². The lowest BCUT2D eigenvalue weighted by atomic mass is 10.1. The number of rotatable bonds is 8. The van der Waals surface area contributed by atoms with Gasteiger partial charge < -0.3 is 24.3 Å². The standard InChI is InChI=1S/C25H19IN2O8/c1-34-24(32)21-9-7-17(36-21)12-28-22(29)19(27-25(28)33)11-15-4-8-20(18(26)10-15)35-13-14-2-5-16(6-3-14)23(30)31/h2-11H,12-13H2,1H3,(H,27,33)(H,30,31)/b19-11-. The summed E-state index contributed by atoms with van der Waals surface area (Å²) < 4.78 is 16.5. The topological polar surface area (TPSA) is 135 Å². The van der Waals surface area contributed by atoms with E-state index in [1.54, 1.807) is 36.4 Å². The maximum Gasteiger partial charge on any atom is 0.373 e. The molecule has 1 saturated heterocycles. The fraction of sp³-hybridized carbons (Fsp3) is 0.120. The molecule has 0 unspecified atom stereocenters. The minimum Gasteiger partial charge on any atom is -0.488 e. The van der Waals surface area contributed by atoms with E-state index >= 15 is 0 Å². The number of ether oxygens (including phenoxy) is 2. The molecule has 1 aromatic heterocycles. The van der Waals surface area contributed by atoms with Gasteiger partial charge in [-0.2, -0.15) is 0 Å². The summed E-state index contributed by atoms with van der Waals surface area (Å²) in [5.74, 6) is -1.33. The van der Waals surface area contributed by atoms with Gasteiger partial charge in [0, 0.05) is 0 Å². The van der Waals surface area contributed by atoms with Crippen LogP contribution in [0.15, 0.2) is 64.7 Å². The summed E-state index contributed by atoms with van der Waals surface area (Å²) >= 11 is 2.10. The SMILES string of the molecule is COC(=O)c1ccc(CN2C(=O)N/C(=C\c3ccc(OCc4ccc(C(=O)O)cc4)c(I)c3)C2=O)o1. The molecule has 10 nitrogen and oxygen atoms in total. The maximum absolute atomic E-state index is 12.8. The number of aromatic carboxylic acids is 1. The Kier molecular flexibility index (Phi) is 7.38. The van der Waals surface area contributed by atoms with Gasteiger partial charge in [-0.25, -0.2) is 14.4 Å². The van der Waals surface area contributed by atoms with Gasteiger partial charge in [-0.1, -0.05) is 18.2 Å². The van der Waals surface area contributed by atoms with E-state index in [0.29, 0.717) is 11.3 Å². The molecule has 0 saturated carbocycles. The van der Waals surface area contributed by atoms with E-state index in [9.17, 15) is 19.2 Å². The molecule has 0 atom stereocenters. The first-order valence-corrected chi connectivity index (χ1v) is 11.6. The number of hydrogen-bond donors (Lipinski definition) is 2. The number of nitrogens with one attached hydrogen (secondary N) is 1. The van der Waals surface area contributed by atoms with E-state index in [1.165, 1.54) is 31.4 Å². The van der Waals surface area contributed by atoms with E-state index < -0.39 is 23.9 Å². The van der Waals surface area contributed by atoms with Crippen LogP contribution >= 0.6 is 22.6 Å². The summed E-state index contributed by atoms with van der Waals surface area (Å²) in [5, 5.41) is 11.5. The van der Waals surface area contributed by atoms with Crippen molar-refractivity contribution in [1.29, 1.82) is 0 Å². The first-order valence-electron chi connectivity index (χ1n) is 10.5. The Morgan fingerprint density at radius 2 is 1.86 bits per heavy atom. The lowest BCUT2D eigenvalue weighted by Gasteiger charge is -2.10. The molecule has 0 radical (unpaired) electrons. The van der Waals surface area contributed by atoms with Gasteiger partial charge in [-0.05, 0) is 76.2 Å².